The fraction of sp³-hybridized carbons (Fsp3) is 0.560. The fourth-order valence-electron chi connectivity index (χ4n) is 3.32. The second-order valence-electron chi connectivity index (χ2n) is 8.32. The Balaban J connectivity index is 0.000000547. The minimum absolute atomic E-state index is 0.558. The number of benzene rings is 1. The number of nitrogens with zero attached hydrogens (tertiary/aromatic N) is 3. The fourth-order valence-corrected chi connectivity index (χ4v) is 3.32. The van der Waals surface area contributed by atoms with Crippen LogP contribution in [0.5, 0.6) is 0 Å². The molecule has 0 bridgehead atoms. The van der Waals surface area contributed by atoms with Crippen molar-refractivity contribution in [3.63, 3.8) is 0 Å². The quantitative estimate of drug-likeness (QED) is 0.245. The molecule has 0 aliphatic carbocycles. The third-order valence-corrected chi connectivity index (χ3v) is 5.01. The highest BCUT2D eigenvalue weighted by atomic mass is 16.4. The Bertz CT molecular complexity index is 708. The van der Waals surface area contributed by atoms with E-state index < -0.39 is 11.9 Å². The van der Waals surface area contributed by atoms with Crippen LogP contribution in [0.15, 0.2) is 47.5 Å². The predicted octanol–water partition coefficient (Wildman–Crippen LogP) is 4.00. The molecular weight excluding hydrogens is 406 g/mol. The van der Waals surface area contributed by atoms with E-state index in [0.717, 1.165) is 19.6 Å². The molecule has 32 heavy (non-hydrogen) atoms. The van der Waals surface area contributed by atoms with E-state index in [9.17, 15) is 9.59 Å². The lowest BCUT2D eigenvalue weighted by molar-refractivity contribution is -0.134. The van der Waals surface area contributed by atoms with Gasteiger partial charge in [0, 0.05) is 50.4 Å². The summed E-state index contributed by atoms with van der Waals surface area (Å²) in [6.07, 6.45) is 6.54. The summed E-state index contributed by atoms with van der Waals surface area (Å²) >= 11 is 0. The molecule has 1 aromatic rings. The standard InChI is InChI=1S/C21H35N3.C4H4O4/c1-4-5-6-10-13-23-14-16-24(17-15-23)21(22-18-19(2)3)20-11-8-7-9-12-20;5-3(6)1-2-4(7)8/h7-9,11-12,19H,4-6,10,13-18H2,1-3H3;1-2H,(H,5,6)(H,7,8)/b;2-1-. The van der Waals surface area contributed by atoms with Crippen molar-refractivity contribution in [3.05, 3.63) is 48.0 Å². The first-order valence-corrected chi connectivity index (χ1v) is 11.5. The Morgan fingerprint density at radius 2 is 1.56 bits per heavy atom. The normalized spacial score (nSPS) is 15.0. The first-order chi connectivity index (χ1) is 15.3. The zero-order valence-corrected chi connectivity index (χ0v) is 19.7. The van der Waals surface area contributed by atoms with Crippen molar-refractivity contribution in [2.45, 2.75) is 46.5 Å². The van der Waals surface area contributed by atoms with Gasteiger partial charge < -0.3 is 15.1 Å². The first kappa shape index (κ1) is 27.4. The number of rotatable bonds is 10. The van der Waals surface area contributed by atoms with E-state index in [-0.39, 0.29) is 0 Å². The molecule has 1 aliphatic heterocycles. The molecule has 178 valence electrons. The highest BCUT2D eigenvalue weighted by Gasteiger charge is 2.20. The van der Waals surface area contributed by atoms with E-state index in [0.29, 0.717) is 18.1 Å². The Hall–Kier alpha value is -2.67. The van der Waals surface area contributed by atoms with E-state index in [1.54, 1.807) is 0 Å². The van der Waals surface area contributed by atoms with Crippen molar-refractivity contribution in [2.24, 2.45) is 10.9 Å². The van der Waals surface area contributed by atoms with Crippen LogP contribution in [0, 0.1) is 5.92 Å². The van der Waals surface area contributed by atoms with E-state index in [1.807, 2.05) is 0 Å². The minimum atomic E-state index is -1.26. The maximum atomic E-state index is 9.55. The minimum Gasteiger partial charge on any atom is -0.478 e. The summed E-state index contributed by atoms with van der Waals surface area (Å²) in [6.45, 7) is 13.4. The molecule has 2 rings (SSSR count). The van der Waals surface area contributed by atoms with Crippen LogP contribution in [0.4, 0.5) is 0 Å². The average molecular weight is 446 g/mol. The molecule has 0 radical (unpaired) electrons. The topological polar surface area (TPSA) is 93.4 Å². The molecule has 0 aromatic heterocycles. The number of aliphatic carboxylic acids is 2. The number of aliphatic imine (C=N–C) groups is 1. The van der Waals surface area contributed by atoms with Crippen LogP contribution in [-0.4, -0.2) is 77.1 Å². The number of amidine groups is 1. The Morgan fingerprint density at radius 3 is 2.06 bits per heavy atom. The van der Waals surface area contributed by atoms with Gasteiger partial charge in [0.15, 0.2) is 0 Å². The molecule has 0 atom stereocenters. The lowest BCUT2D eigenvalue weighted by Crippen LogP contribution is -2.49. The summed E-state index contributed by atoms with van der Waals surface area (Å²) in [5.41, 5.74) is 1.26. The van der Waals surface area contributed by atoms with Gasteiger partial charge in [0.2, 0.25) is 0 Å². The van der Waals surface area contributed by atoms with Gasteiger partial charge >= 0.3 is 11.9 Å². The zero-order chi connectivity index (χ0) is 23.8. The Kier molecular flexibility index (Phi) is 13.7. The van der Waals surface area contributed by atoms with Gasteiger partial charge in [-0.1, -0.05) is 70.4 Å². The molecule has 0 spiro atoms. The van der Waals surface area contributed by atoms with Gasteiger partial charge in [-0.05, 0) is 18.9 Å². The highest BCUT2D eigenvalue weighted by Crippen LogP contribution is 2.12. The summed E-state index contributed by atoms with van der Waals surface area (Å²) in [5, 5.41) is 15.6. The van der Waals surface area contributed by atoms with Crippen LogP contribution in [0.2, 0.25) is 0 Å². The lowest BCUT2D eigenvalue weighted by atomic mass is 10.1. The number of carboxylic acids is 2. The van der Waals surface area contributed by atoms with Gasteiger partial charge in [-0.25, -0.2) is 9.59 Å². The molecule has 7 nitrogen and oxygen atoms in total. The summed E-state index contributed by atoms with van der Waals surface area (Å²) < 4.78 is 0. The molecule has 0 unspecified atom stereocenters. The van der Waals surface area contributed by atoms with E-state index in [4.69, 9.17) is 15.2 Å². The predicted molar refractivity (Wildman–Crippen MR) is 129 cm³/mol. The van der Waals surface area contributed by atoms with Crippen LogP contribution in [-0.2, 0) is 9.59 Å². The SMILES string of the molecule is CCCCCCN1CCN(C(=NCC(C)C)c2ccccc2)CC1.O=C(O)/C=C\C(=O)O. The second kappa shape index (κ2) is 16.0. The number of carbonyl (C=O) groups is 2. The molecule has 1 aliphatic rings. The Labute approximate surface area is 192 Å². The zero-order valence-electron chi connectivity index (χ0n) is 19.7. The molecule has 0 saturated carbocycles. The molecule has 2 N–H and O–H groups in total. The average Bonchev–Trinajstić information content (AvgIpc) is 2.77. The summed E-state index contributed by atoms with van der Waals surface area (Å²) in [6, 6.07) is 10.7. The number of piperazine rings is 1. The van der Waals surface area contributed by atoms with Crippen LogP contribution in [0.3, 0.4) is 0 Å². The molecule has 7 heteroatoms. The van der Waals surface area contributed by atoms with Crippen LogP contribution in [0.25, 0.3) is 0 Å². The number of unbranched alkanes of at least 4 members (excludes halogenated alkanes) is 3. The largest absolute Gasteiger partial charge is 0.478 e. The third-order valence-electron chi connectivity index (χ3n) is 5.01. The summed E-state index contributed by atoms with van der Waals surface area (Å²) in [7, 11) is 0. The van der Waals surface area contributed by atoms with Crippen molar-refractivity contribution in [2.75, 3.05) is 39.3 Å². The number of hydrogen-bond acceptors (Lipinski definition) is 4. The smallest absolute Gasteiger partial charge is 0.328 e. The maximum Gasteiger partial charge on any atom is 0.328 e. The van der Waals surface area contributed by atoms with Crippen molar-refractivity contribution in [1.29, 1.82) is 0 Å². The molecule has 0 amide bonds. The number of carboxylic acid groups (broad SMARTS) is 2. The lowest BCUT2D eigenvalue weighted by Gasteiger charge is -2.36. The van der Waals surface area contributed by atoms with E-state index in [1.165, 1.54) is 56.7 Å². The highest BCUT2D eigenvalue weighted by molar-refractivity contribution is 5.98. The molecular formula is C25H39N3O4. The van der Waals surface area contributed by atoms with Gasteiger partial charge in [0.1, 0.15) is 5.84 Å². The second-order valence-corrected chi connectivity index (χ2v) is 8.32. The van der Waals surface area contributed by atoms with Crippen molar-refractivity contribution < 1.29 is 19.8 Å². The van der Waals surface area contributed by atoms with Gasteiger partial charge in [-0.3, -0.25) is 9.89 Å². The third kappa shape index (κ3) is 12.2. The van der Waals surface area contributed by atoms with Crippen molar-refractivity contribution >= 4 is 17.8 Å². The first-order valence-electron chi connectivity index (χ1n) is 11.5. The van der Waals surface area contributed by atoms with Crippen molar-refractivity contribution in [1.82, 2.24) is 9.80 Å². The van der Waals surface area contributed by atoms with E-state index >= 15 is 0 Å². The van der Waals surface area contributed by atoms with Gasteiger partial charge in [-0.2, -0.15) is 0 Å². The molecule has 1 heterocycles. The molecule has 1 saturated heterocycles. The number of hydrogen-bond donors (Lipinski definition) is 2. The Morgan fingerprint density at radius 1 is 0.969 bits per heavy atom. The maximum absolute atomic E-state index is 9.55. The molecule has 1 fully saturated rings. The summed E-state index contributed by atoms with van der Waals surface area (Å²) in [4.78, 5) is 29.2. The van der Waals surface area contributed by atoms with Gasteiger partial charge in [-0.15, -0.1) is 0 Å². The van der Waals surface area contributed by atoms with Crippen LogP contribution < -0.4 is 0 Å². The van der Waals surface area contributed by atoms with Gasteiger partial charge in [0.25, 0.3) is 0 Å². The molecule has 1 aromatic carbocycles. The monoisotopic (exact) mass is 445 g/mol. The van der Waals surface area contributed by atoms with E-state index in [2.05, 4.69) is 60.9 Å². The van der Waals surface area contributed by atoms with Gasteiger partial charge in [0.05, 0.1) is 0 Å². The van der Waals surface area contributed by atoms with Crippen molar-refractivity contribution in [3.8, 4) is 0 Å². The summed E-state index contributed by atoms with van der Waals surface area (Å²) in [5.74, 6) is -0.724. The van der Waals surface area contributed by atoms with Crippen LogP contribution in [0.1, 0.15) is 52.0 Å². The van der Waals surface area contributed by atoms with Crippen LogP contribution >= 0.6 is 0 Å².